The van der Waals surface area contributed by atoms with Crippen LogP contribution in [0.15, 0.2) is 23.0 Å². The summed E-state index contributed by atoms with van der Waals surface area (Å²) in [5, 5.41) is 9.68. The number of phenolic OH excluding ortho intramolecular Hbond substituents is 1. The molecule has 0 amide bonds. The maximum atomic E-state index is 13.2. The summed E-state index contributed by atoms with van der Waals surface area (Å²) in [7, 11) is 0. The second-order valence-electron chi connectivity index (χ2n) is 3.90. The molecular formula is C11H8FN5O2. The first-order chi connectivity index (χ1) is 9.04. The van der Waals surface area contributed by atoms with Crippen molar-refractivity contribution >= 4 is 17.1 Å². The van der Waals surface area contributed by atoms with Gasteiger partial charge in [-0.15, -0.1) is 0 Å². The molecule has 0 spiro atoms. The van der Waals surface area contributed by atoms with Crippen molar-refractivity contribution in [2.45, 2.75) is 0 Å². The van der Waals surface area contributed by atoms with Gasteiger partial charge in [-0.05, 0) is 18.2 Å². The standard InChI is InChI=1S/C11H8FN5O2/c12-4-1-2-6(18)5(3-4)8-14-7-9(15-8)16-11(13)17-10(7)19/h1-3,18H,(H4,13,14,15,16,17,19). The molecule has 0 aliphatic heterocycles. The number of rotatable bonds is 1. The van der Waals surface area contributed by atoms with E-state index in [9.17, 15) is 14.3 Å². The van der Waals surface area contributed by atoms with Crippen molar-refractivity contribution in [3.63, 3.8) is 0 Å². The summed E-state index contributed by atoms with van der Waals surface area (Å²) in [5.74, 6) is -0.630. The maximum Gasteiger partial charge on any atom is 0.278 e. The maximum absolute atomic E-state index is 13.2. The molecule has 3 aromatic rings. The monoisotopic (exact) mass is 261 g/mol. The molecule has 7 nitrogen and oxygen atoms in total. The normalized spacial score (nSPS) is 11.0. The number of aromatic hydroxyl groups is 1. The molecule has 3 rings (SSSR count). The number of nitrogens with one attached hydrogen (secondary N) is 2. The van der Waals surface area contributed by atoms with E-state index in [4.69, 9.17) is 5.73 Å². The van der Waals surface area contributed by atoms with Crippen LogP contribution in [-0.2, 0) is 0 Å². The van der Waals surface area contributed by atoms with E-state index in [1.165, 1.54) is 6.07 Å². The number of H-pyrrole nitrogens is 2. The van der Waals surface area contributed by atoms with E-state index in [1.807, 2.05) is 0 Å². The Kier molecular flexibility index (Phi) is 2.24. The molecule has 0 bridgehead atoms. The zero-order chi connectivity index (χ0) is 13.6. The Morgan fingerprint density at radius 1 is 1.26 bits per heavy atom. The fourth-order valence-electron chi connectivity index (χ4n) is 1.75. The Labute approximate surface area is 104 Å². The highest BCUT2D eigenvalue weighted by Gasteiger charge is 2.13. The summed E-state index contributed by atoms with van der Waals surface area (Å²) in [5.41, 5.74) is 5.24. The Hall–Kier alpha value is -2.90. The van der Waals surface area contributed by atoms with E-state index in [0.717, 1.165) is 12.1 Å². The van der Waals surface area contributed by atoms with Crippen LogP contribution in [0.5, 0.6) is 5.75 Å². The average Bonchev–Trinajstić information content (AvgIpc) is 2.76. The average molecular weight is 261 g/mol. The number of hydrogen-bond donors (Lipinski definition) is 4. The second kappa shape index (κ2) is 3.80. The van der Waals surface area contributed by atoms with E-state index < -0.39 is 11.4 Å². The fraction of sp³-hybridized carbons (Fsp3) is 0. The molecule has 0 atom stereocenters. The molecule has 2 heterocycles. The number of halogens is 1. The summed E-state index contributed by atoms with van der Waals surface area (Å²) < 4.78 is 13.2. The van der Waals surface area contributed by atoms with Gasteiger partial charge in [-0.3, -0.25) is 9.78 Å². The highest BCUT2D eigenvalue weighted by atomic mass is 19.1. The molecule has 0 aliphatic rings. The van der Waals surface area contributed by atoms with E-state index in [1.54, 1.807) is 0 Å². The summed E-state index contributed by atoms with van der Waals surface area (Å²) in [6.07, 6.45) is 0. The molecule has 1 aromatic carbocycles. The second-order valence-corrected chi connectivity index (χ2v) is 3.90. The molecule has 5 N–H and O–H groups in total. The number of benzene rings is 1. The Bertz CT molecular complexity index is 839. The summed E-state index contributed by atoms with van der Waals surface area (Å²) in [6.45, 7) is 0. The van der Waals surface area contributed by atoms with Crippen molar-refractivity contribution < 1.29 is 9.50 Å². The molecule has 0 saturated carbocycles. The number of imidazole rings is 1. The Balaban J connectivity index is 2.29. The number of aromatic amines is 2. The van der Waals surface area contributed by atoms with E-state index in [-0.39, 0.29) is 34.2 Å². The van der Waals surface area contributed by atoms with Gasteiger partial charge in [0.1, 0.15) is 17.4 Å². The van der Waals surface area contributed by atoms with E-state index in [2.05, 4.69) is 19.9 Å². The molecule has 0 saturated heterocycles. The van der Waals surface area contributed by atoms with Crippen LogP contribution in [0.4, 0.5) is 10.3 Å². The van der Waals surface area contributed by atoms with Crippen LogP contribution in [0.1, 0.15) is 0 Å². The van der Waals surface area contributed by atoms with Gasteiger partial charge in [0, 0.05) is 0 Å². The molecule has 19 heavy (non-hydrogen) atoms. The number of anilines is 1. The summed E-state index contributed by atoms with van der Waals surface area (Å²) >= 11 is 0. The minimum absolute atomic E-state index is 0.0704. The summed E-state index contributed by atoms with van der Waals surface area (Å²) in [6, 6.07) is 3.42. The lowest BCUT2D eigenvalue weighted by molar-refractivity contribution is 0.475. The van der Waals surface area contributed by atoms with Crippen molar-refractivity contribution in [2.24, 2.45) is 0 Å². The smallest absolute Gasteiger partial charge is 0.278 e. The lowest BCUT2D eigenvalue weighted by Crippen LogP contribution is -2.10. The first kappa shape index (κ1) is 11.2. The predicted molar refractivity (Wildman–Crippen MR) is 66.0 cm³/mol. The first-order valence-corrected chi connectivity index (χ1v) is 5.29. The lowest BCUT2D eigenvalue weighted by atomic mass is 10.2. The molecule has 0 unspecified atom stereocenters. The van der Waals surface area contributed by atoms with Crippen LogP contribution in [0, 0.1) is 5.82 Å². The largest absolute Gasteiger partial charge is 0.507 e. The molecule has 0 radical (unpaired) electrons. The Morgan fingerprint density at radius 2 is 2.05 bits per heavy atom. The van der Waals surface area contributed by atoms with Gasteiger partial charge in [-0.2, -0.15) is 4.98 Å². The van der Waals surface area contributed by atoms with Crippen LogP contribution >= 0.6 is 0 Å². The highest BCUT2D eigenvalue weighted by molar-refractivity contribution is 5.77. The molecule has 0 aliphatic carbocycles. The minimum Gasteiger partial charge on any atom is -0.507 e. The zero-order valence-electron chi connectivity index (χ0n) is 9.44. The third-order valence-electron chi connectivity index (χ3n) is 2.59. The molecule has 2 aromatic heterocycles. The number of nitrogens with two attached hydrogens (primary N) is 1. The third kappa shape index (κ3) is 1.79. The number of aromatic nitrogens is 4. The van der Waals surface area contributed by atoms with Crippen LogP contribution in [0.3, 0.4) is 0 Å². The van der Waals surface area contributed by atoms with Gasteiger partial charge >= 0.3 is 0 Å². The predicted octanol–water partition coefficient (Wildman–Crippen LogP) is 0.740. The van der Waals surface area contributed by atoms with Crippen molar-refractivity contribution in [1.29, 1.82) is 0 Å². The van der Waals surface area contributed by atoms with Crippen molar-refractivity contribution in [3.05, 3.63) is 34.4 Å². The van der Waals surface area contributed by atoms with E-state index >= 15 is 0 Å². The van der Waals surface area contributed by atoms with Crippen molar-refractivity contribution in [1.82, 2.24) is 19.9 Å². The minimum atomic E-state index is -0.533. The van der Waals surface area contributed by atoms with Gasteiger partial charge in [-0.25, -0.2) is 9.37 Å². The quantitative estimate of drug-likeness (QED) is 0.515. The van der Waals surface area contributed by atoms with Gasteiger partial charge in [0.2, 0.25) is 5.95 Å². The van der Waals surface area contributed by atoms with Crippen LogP contribution in [-0.4, -0.2) is 25.0 Å². The van der Waals surface area contributed by atoms with Gasteiger partial charge in [-0.1, -0.05) is 0 Å². The highest BCUT2D eigenvalue weighted by Crippen LogP contribution is 2.28. The zero-order valence-corrected chi connectivity index (χ0v) is 9.44. The molecular weight excluding hydrogens is 253 g/mol. The lowest BCUT2D eigenvalue weighted by Gasteiger charge is -2.00. The van der Waals surface area contributed by atoms with Crippen LogP contribution in [0.25, 0.3) is 22.6 Å². The topological polar surface area (TPSA) is 121 Å². The summed E-state index contributed by atoms with van der Waals surface area (Å²) in [4.78, 5) is 24.4. The third-order valence-corrected chi connectivity index (χ3v) is 2.59. The fourth-order valence-corrected chi connectivity index (χ4v) is 1.75. The molecule has 8 heteroatoms. The van der Waals surface area contributed by atoms with E-state index in [0.29, 0.717) is 0 Å². The van der Waals surface area contributed by atoms with Crippen molar-refractivity contribution in [3.8, 4) is 17.1 Å². The first-order valence-electron chi connectivity index (χ1n) is 5.29. The van der Waals surface area contributed by atoms with Gasteiger partial charge in [0.15, 0.2) is 11.2 Å². The number of nitrogen functional groups attached to an aromatic ring is 1. The molecule has 96 valence electrons. The number of nitrogens with zero attached hydrogens (tertiary/aromatic N) is 2. The SMILES string of the molecule is Nc1nc2nc(-c3cc(F)ccc3O)[nH]c2c(=O)[nH]1. The Morgan fingerprint density at radius 3 is 2.84 bits per heavy atom. The number of fused-ring (bicyclic) bond motifs is 1. The van der Waals surface area contributed by atoms with Crippen LogP contribution < -0.4 is 11.3 Å². The number of phenols is 1. The molecule has 0 fully saturated rings. The van der Waals surface area contributed by atoms with Gasteiger partial charge in [0.05, 0.1) is 5.56 Å². The van der Waals surface area contributed by atoms with Crippen molar-refractivity contribution in [2.75, 3.05) is 5.73 Å². The van der Waals surface area contributed by atoms with Gasteiger partial charge < -0.3 is 15.8 Å². The van der Waals surface area contributed by atoms with Crippen LogP contribution in [0.2, 0.25) is 0 Å². The number of hydrogen-bond acceptors (Lipinski definition) is 5. The van der Waals surface area contributed by atoms with Gasteiger partial charge in [0.25, 0.3) is 5.56 Å².